The number of hydrogen-bond donors (Lipinski definition) is 1. The third kappa shape index (κ3) is 2.85. The molecule has 0 saturated heterocycles. The van der Waals surface area contributed by atoms with Crippen LogP contribution in [-0.2, 0) is 4.79 Å². The fraction of sp³-hybridized carbons (Fsp3) is 0.0526. The molecule has 3 aromatic rings. The second-order valence-electron chi connectivity index (χ2n) is 5.49. The second-order valence-corrected chi connectivity index (χ2v) is 5.49. The molecule has 0 aliphatic carbocycles. The van der Waals surface area contributed by atoms with Crippen LogP contribution >= 0.6 is 0 Å². The van der Waals surface area contributed by atoms with Crippen LogP contribution in [0.25, 0.3) is 0 Å². The molecule has 1 N–H and O–H groups in total. The van der Waals surface area contributed by atoms with E-state index < -0.39 is 11.9 Å². The molecule has 0 radical (unpaired) electrons. The lowest BCUT2D eigenvalue weighted by molar-refractivity contribution is -0.119. The first kappa shape index (κ1) is 15.0. The monoisotopic (exact) mass is 331 g/mol. The molecule has 122 valence electrons. The normalized spacial score (nSPS) is 15.7. The average Bonchev–Trinajstić information content (AvgIpc) is 3.17. The SMILES string of the molecule is O=C(Nc1ccccc1C1N=c2ccccc2=NC1=O)c1ccco1. The Bertz CT molecular complexity index is 1070. The Hall–Kier alpha value is -3.54. The van der Waals surface area contributed by atoms with E-state index in [-0.39, 0.29) is 11.7 Å². The third-order valence-corrected chi connectivity index (χ3v) is 3.86. The highest BCUT2D eigenvalue weighted by Crippen LogP contribution is 2.27. The van der Waals surface area contributed by atoms with Crippen molar-refractivity contribution in [3.8, 4) is 0 Å². The fourth-order valence-corrected chi connectivity index (χ4v) is 2.69. The Morgan fingerprint density at radius 2 is 1.72 bits per heavy atom. The molecule has 0 fully saturated rings. The smallest absolute Gasteiger partial charge is 0.291 e. The average molecular weight is 331 g/mol. The molecule has 2 heterocycles. The maximum Gasteiger partial charge on any atom is 0.291 e. The number of fused-ring (bicyclic) bond motifs is 1. The van der Waals surface area contributed by atoms with Crippen LogP contribution in [0.3, 0.4) is 0 Å². The van der Waals surface area contributed by atoms with Gasteiger partial charge in [-0.1, -0.05) is 30.3 Å². The molecule has 6 nitrogen and oxygen atoms in total. The van der Waals surface area contributed by atoms with Gasteiger partial charge < -0.3 is 9.73 Å². The molecule has 2 aromatic carbocycles. The lowest BCUT2D eigenvalue weighted by atomic mass is 10.0. The van der Waals surface area contributed by atoms with Crippen molar-refractivity contribution in [3.05, 3.63) is 89.0 Å². The molecule has 6 heteroatoms. The van der Waals surface area contributed by atoms with E-state index in [1.807, 2.05) is 18.2 Å². The summed E-state index contributed by atoms with van der Waals surface area (Å²) in [5, 5.41) is 3.98. The topological polar surface area (TPSA) is 84.0 Å². The second kappa shape index (κ2) is 6.16. The molecule has 2 amide bonds. The number of anilines is 1. The Kier molecular flexibility index (Phi) is 3.70. The molecule has 0 spiro atoms. The van der Waals surface area contributed by atoms with Crippen molar-refractivity contribution in [2.24, 2.45) is 9.98 Å². The molecule has 1 aromatic heterocycles. The van der Waals surface area contributed by atoms with Gasteiger partial charge in [0.05, 0.1) is 17.0 Å². The van der Waals surface area contributed by atoms with Gasteiger partial charge in [-0.2, -0.15) is 0 Å². The molecule has 1 aliphatic rings. The first-order valence-corrected chi connectivity index (χ1v) is 7.71. The Morgan fingerprint density at radius 1 is 0.960 bits per heavy atom. The van der Waals surface area contributed by atoms with E-state index in [9.17, 15) is 9.59 Å². The van der Waals surface area contributed by atoms with Gasteiger partial charge in [0.1, 0.15) is 0 Å². The molecular formula is C19H13N3O3. The highest BCUT2D eigenvalue weighted by molar-refractivity contribution is 6.03. The number of rotatable bonds is 3. The number of carbonyl (C=O) groups excluding carboxylic acids is 2. The van der Waals surface area contributed by atoms with Gasteiger partial charge in [0.25, 0.3) is 11.8 Å². The van der Waals surface area contributed by atoms with Crippen LogP contribution in [0.1, 0.15) is 22.2 Å². The fourth-order valence-electron chi connectivity index (χ4n) is 2.69. The summed E-state index contributed by atoms with van der Waals surface area (Å²) in [5.74, 6) is -0.562. The van der Waals surface area contributed by atoms with Crippen molar-refractivity contribution >= 4 is 17.5 Å². The van der Waals surface area contributed by atoms with Crippen LogP contribution in [0, 0.1) is 0 Å². The molecule has 1 aliphatic heterocycles. The first-order chi connectivity index (χ1) is 12.2. The maximum atomic E-state index is 12.4. The zero-order valence-corrected chi connectivity index (χ0v) is 13.0. The summed E-state index contributed by atoms with van der Waals surface area (Å²) < 4.78 is 5.10. The maximum absolute atomic E-state index is 12.4. The predicted octanol–water partition coefficient (Wildman–Crippen LogP) is 2.05. The van der Waals surface area contributed by atoms with Gasteiger partial charge >= 0.3 is 0 Å². The van der Waals surface area contributed by atoms with Gasteiger partial charge in [-0.25, -0.2) is 4.99 Å². The lowest BCUT2D eigenvalue weighted by Crippen LogP contribution is -2.33. The molecule has 4 rings (SSSR count). The first-order valence-electron chi connectivity index (χ1n) is 7.71. The van der Waals surface area contributed by atoms with E-state index in [1.165, 1.54) is 6.26 Å². The molecular weight excluding hydrogens is 318 g/mol. The van der Waals surface area contributed by atoms with Crippen molar-refractivity contribution in [1.29, 1.82) is 0 Å². The lowest BCUT2D eigenvalue weighted by Gasteiger charge is -2.16. The van der Waals surface area contributed by atoms with Crippen molar-refractivity contribution in [1.82, 2.24) is 0 Å². The van der Waals surface area contributed by atoms with Gasteiger partial charge in [-0.15, -0.1) is 0 Å². The van der Waals surface area contributed by atoms with Gasteiger partial charge in [-0.3, -0.25) is 14.6 Å². The Balaban J connectivity index is 1.73. The van der Waals surface area contributed by atoms with Gasteiger partial charge in [-0.05, 0) is 30.3 Å². The Labute approximate surface area is 142 Å². The number of benzene rings is 2. The molecule has 1 unspecified atom stereocenters. The predicted molar refractivity (Wildman–Crippen MR) is 89.6 cm³/mol. The van der Waals surface area contributed by atoms with Crippen LogP contribution in [-0.4, -0.2) is 11.8 Å². The minimum absolute atomic E-state index is 0.191. The number of furan rings is 1. The highest BCUT2D eigenvalue weighted by Gasteiger charge is 2.25. The van der Waals surface area contributed by atoms with E-state index in [2.05, 4.69) is 15.3 Å². The Morgan fingerprint density at radius 3 is 2.52 bits per heavy atom. The van der Waals surface area contributed by atoms with Crippen LogP contribution in [0.2, 0.25) is 0 Å². The van der Waals surface area contributed by atoms with E-state index in [1.54, 1.807) is 42.5 Å². The van der Waals surface area contributed by atoms with Crippen LogP contribution in [0.4, 0.5) is 5.69 Å². The van der Waals surface area contributed by atoms with E-state index in [0.29, 0.717) is 22.0 Å². The zero-order chi connectivity index (χ0) is 17.2. The number of hydrogen-bond acceptors (Lipinski definition) is 4. The summed E-state index contributed by atoms with van der Waals surface area (Å²) in [7, 11) is 0. The third-order valence-electron chi connectivity index (χ3n) is 3.86. The van der Waals surface area contributed by atoms with Crippen molar-refractivity contribution in [2.75, 3.05) is 5.32 Å². The van der Waals surface area contributed by atoms with Crippen LogP contribution in [0.15, 0.2) is 81.3 Å². The molecule has 25 heavy (non-hydrogen) atoms. The summed E-state index contributed by atoms with van der Waals surface area (Å²) >= 11 is 0. The van der Waals surface area contributed by atoms with Crippen LogP contribution in [0.5, 0.6) is 0 Å². The van der Waals surface area contributed by atoms with Gasteiger partial charge in [0, 0.05) is 11.3 Å². The van der Waals surface area contributed by atoms with E-state index in [4.69, 9.17) is 4.42 Å². The summed E-state index contributed by atoms with van der Waals surface area (Å²) in [6.45, 7) is 0. The van der Waals surface area contributed by atoms with Crippen LogP contribution < -0.4 is 16.0 Å². The van der Waals surface area contributed by atoms with Gasteiger partial charge in [0.15, 0.2) is 11.8 Å². The number of amides is 2. The van der Waals surface area contributed by atoms with Crippen molar-refractivity contribution in [3.63, 3.8) is 0 Å². The minimum Gasteiger partial charge on any atom is -0.459 e. The van der Waals surface area contributed by atoms with E-state index in [0.717, 1.165) is 0 Å². The summed E-state index contributed by atoms with van der Waals surface area (Å²) in [6, 6.07) is 16.7. The molecule has 1 atom stereocenters. The largest absolute Gasteiger partial charge is 0.459 e. The van der Waals surface area contributed by atoms with Crippen molar-refractivity contribution in [2.45, 2.75) is 6.04 Å². The zero-order valence-electron chi connectivity index (χ0n) is 13.0. The summed E-state index contributed by atoms with van der Waals surface area (Å²) in [6.07, 6.45) is 1.43. The highest BCUT2D eigenvalue weighted by atomic mass is 16.3. The van der Waals surface area contributed by atoms with Crippen molar-refractivity contribution < 1.29 is 14.0 Å². The number of nitrogens with one attached hydrogen (secondary N) is 1. The summed E-state index contributed by atoms with van der Waals surface area (Å²) in [5.41, 5.74) is 1.09. The standard InChI is InChI=1S/C19H13N3O3/c23-18(16-10-5-11-25-16)21-13-7-2-1-6-12(13)17-19(24)22-15-9-4-3-8-14(15)20-17/h1-11,17H,(H,21,23). The number of carbonyl (C=O) groups is 2. The minimum atomic E-state index is -0.789. The van der Waals surface area contributed by atoms with Gasteiger partial charge in [0.2, 0.25) is 0 Å². The summed E-state index contributed by atoms with van der Waals surface area (Å²) in [4.78, 5) is 33.3. The van der Waals surface area contributed by atoms with E-state index >= 15 is 0 Å². The molecule has 0 bridgehead atoms. The number of nitrogens with zero attached hydrogens (tertiary/aromatic N) is 2. The molecule has 0 saturated carbocycles. The number of para-hydroxylation sites is 3. The quantitative estimate of drug-likeness (QED) is 0.797.